The summed E-state index contributed by atoms with van der Waals surface area (Å²) >= 11 is 0. The summed E-state index contributed by atoms with van der Waals surface area (Å²) in [5.41, 5.74) is -0.632. The molecule has 0 spiro atoms. The second kappa shape index (κ2) is 7.45. The zero-order valence-electron chi connectivity index (χ0n) is 15.3. The monoisotopic (exact) mass is 381 g/mol. The van der Waals surface area contributed by atoms with Crippen LogP contribution in [-0.4, -0.2) is 35.3 Å². The molecule has 2 aromatic rings. The van der Waals surface area contributed by atoms with E-state index in [1.807, 2.05) is 13.8 Å². The van der Waals surface area contributed by atoms with Crippen molar-refractivity contribution in [1.82, 2.24) is 14.5 Å². The standard InChI is InChI=1S/C17H23N3O5S/c1-5-11(2)18-15(21)8-9-26(24,25)12-6-7-13-14(10-12)20(4)17(23)16(22)19(13)3/h6-7,10-11H,5,8-9H2,1-4H3,(H,18,21)/t11-/m1/s1. The fourth-order valence-corrected chi connectivity index (χ4v) is 3.81. The summed E-state index contributed by atoms with van der Waals surface area (Å²) in [6, 6.07) is 4.22. The van der Waals surface area contributed by atoms with E-state index in [1.165, 1.54) is 36.9 Å². The molecule has 0 aliphatic carbocycles. The van der Waals surface area contributed by atoms with E-state index in [9.17, 15) is 22.8 Å². The van der Waals surface area contributed by atoms with Crippen LogP contribution in [0.2, 0.25) is 0 Å². The van der Waals surface area contributed by atoms with Gasteiger partial charge in [0.15, 0.2) is 9.84 Å². The molecule has 1 atom stereocenters. The number of aromatic nitrogens is 2. The predicted octanol–water partition coefficient (Wildman–Crippen LogP) is 0.316. The zero-order valence-corrected chi connectivity index (χ0v) is 16.1. The topological polar surface area (TPSA) is 107 Å². The maximum Gasteiger partial charge on any atom is 0.316 e. The number of hydrogen-bond donors (Lipinski definition) is 1. The molecular weight excluding hydrogens is 358 g/mol. The molecule has 0 saturated carbocycles. The molecular formula is C17H23N3O5S. The van der Waals surface area contributed by atoms with Crippen LogP contribution in [0.5, 0.6) is 0 Å². The first-order valence-corrected chi connectivity index (χ1v) is 9.95. The summed E-state index contributed by atoms with van der Waals surface area (Å²) in [5, 5.41) is 2.73. The summed E-state index contributed by atoms with van der Waals surface area (Å²) in [6.45, 7) is 3.77. The van der Waals surface area contributed by atoms with E-state index in [0.29, 0.717) is 11.0 Å². The summed E-state index contributed by atoms with van der Waals surface area (Å²) in [6.07, 6.45) is 0.618. The smallest absolute Gasteiger partial charge is 0.316 e. The fraction of sp³-hybridized carbons (Fsp3) is 0.471. The highest BCUT2D eigenvalue weighted by molar-refractivity contribution is 7.91. The number of sulfone groups is 1. The summed E-state index contributed by atoms with van der Waals surface area (Å²) in [7, 11) is -0.829. The highest BCUT2D eigenvalue weighted by atomic mass is 32.2. The number of carbonyl (C=O) groups excluding carboxylic acids is 1. The van der Waals surface area contributed by atoms with E-state index in [0.717, 1.165) is 11.0 Å². The van der Waals surface area contributed by atoms with Gasteiger partial charge >= 0.3 is 11.1 Å². The lowest BCUT2D eigenvalue weighted by atomic mass is 10.2. The van der Waals surface area contributed by atoms with Gasteiger partial charge in [0.05, 0.1) is 21.7 Å². The molecule has 0 saturated heterocycles. The second-order valence-corrected chi connectivity index (χ2v) is 8.43. The Morgan fingerprint density at radius 3 is 2.27 bits per heavy atom. The minimum Gasteiger partial charge on any atom is -0.354 e. The fourth-order valence-electron chi connectivity index (χ4n) is 2.55. The maximum absolute atomic E-state index is 12.5. The van der Waals surface area contributed by atoms with E-state index in [-0.39, 0.29) is 29.0 Å². The molecule has 0 fully saturated rings. The normalized spacial score (nSPS) is 12.9. The highest BCUT2D eigenvalue weighted by Gasteiger charge is 2.19. The number of aryl methyl sites for hydroxylation is 2. The average Bonchev–Trinajstić information content (AvgIpc) is 2.62. The number of amides is 1. The molecule has 26 heavy (non-hydrogen) atoms. The second-order valence-electron chi connectivity index (χ2n) is 6.32. The Balaban J connectivity index is 2.36. The van der Waals surface area contributed by atoms with Gasteiger partial charge in [-0.25, -0.2) is 8.42 Å². The Morgan fingerprint density at radius 2 is 1.69 bits per heavy atom. The number of nitrogens with zero attached hydrogens (tertiary/aromatic N) is 2. The van der Waals surface area contributed by atoms with Gasteiger partial charge in [-0.05, 0) is 31.5 Å². The molecule has 1 amide bonds. The van der Waals surface area contributed by atoms with Gasteiger partial charge in [-0.2, -0.15) is 0 Å². The van der Waals surface area contributed by atoms with Crippen molar-refractivity contribution in [1.29, 1.82) is 0 Å². The van der Waals surface area contributed by atoms with Gasteiger partial charge in [0, 0.05) is 26.6 Å². The first-order valence-electron chi connectivity index (χ1n) is 8.30. The lowest BCUT2D eigenvalue weighted by molar-refractivity contribution is -0.121. The molecule has 1 aromatic carbocycles. The molecule has 1 aromatic heterocycles. The summed E-state index contributed by atoms with van der Waals surface area (Å²) in [4.78, 5) is 35.6. The Labute approximate surface area is 151 Å². The molecule has 0 bridgehead atoms. The molecule has 0 aliphatic heterocycles. The largest absolute Gasteiger partial charge is 0.354 e. The Bertz CT molecular complexity index is 1070. The van der Waals surface area contributed by atoms with Crippen molar-refractivity contribution in [3.05, 3.63) is 38.9 Å². The molecule has 1 N–H and O–H groups in total. The Hall–Kier alpha value is -2.42. The van der Waals surface area contributed by atoms with Crippen molar-refractivity contribution in [2.45, 2.75) is 37.6 Å². The van der Waals surface area contributed by atoms with E-state index >= 15 is 0 Å². The van der Waals surface area contributed by atoms with E-state index < -0.39 is 21.0 Å². The van der Waals surface area contributed by atoms with Crippen LogP contribution in [0, 0.1) is 0 Å². The third kappa shape index (κ3) is 3.87. The highest BCUT2D eigenvalue weighted by Crippen LogP contribution is 2.18. The van der Waals surface area contributed by atoms with Crippen LogP contribution in [0.25, 0.3) is 11.0 Å². The lowest BCUT2D eigenvalue weighted by Gasteiger charge is -2.12. The summed E-state index contributed by atoms with van der Waals surface area (Å²) in [5.74, 6) is -0.654. The molecule has 2 rings (SSSR count). The number of benzene rings is 1. The Morgan fingerprint density at radius 1 is 1.12 bits per heavy atom. The van der Waals surface area contributed by atoms with Crippen LogP contribution in [0.4, 0.5) is 0 Å². The van der Waals surface area contributed by atoms with Gasteiger partial charge in [-0.1, -0.05) is 6.92 Å². The quantitative estimate of drug-likeness (QED) is 0.725. The van der Waals surface area contributed by atoms with Gasteiger partial charge in [0.25, 0.3) is 0 Å². The average molecular weight is 381 g/mol. The van der Waals surface area contributed by atoms with Gasteiger partial charge in [-0.3, -0.25) is 14.4 Å². The van der Waals surface area contributed by atoms with Crippen molar-refractivity contribution < 1.29 is 13.2 Å². The summed E-state index contributed by atoms with van der Waals surface area (Å²) < 4.78 is 27.4. The molecule has 0 unspecified atom stereocenters. The number of carbonyl (C=O) groups is 1. The third-order valence-electron chi connectivity index (χ3n) is 4.44. The van der Waals surface area contributed by atoms with Crippen LogP contribution in [0.15, 0.2) is 32.7 Å². The Kier molecular flexibility index (Phi) is 5.70. The molecule has 1 heterocycles. The first kappa shape index (κ1) is 19.9. The maximum atomic E-state index is 12.5. The van der Waals surface area contributed by atoms with Crippen molar-refractivity contribution in [3.63, 3.8) is 0 Å². The minimum absolute atomic E-state index is 0.00925. The molecule has 9 heteroatoms. The number of fused-ring (bicyclic) bond motifs is 1. The van der Waals surface area contributed by atoms with Crippen LogP contribution in [0.1, 0.15) is 26.7 Å². The predicted molar refractivity (Wildman–Crippen MR) is 99.0 cm³/mol. The van der Waals surface area contributed by atoms with Gasteiger partial charge in [0.1, 0.15) is 0 Å². The van der Waals surface area contributed by atoms with Crippen LogP contribution in [-0.2, 0) is 28.7 Å². The minimum atomic E-state index is -3.71. The van der Waals surface area contributed by atoms with Crippen molar-refractivity contribution in [2.75, 3.05) is 5.75 Å². The van der Waals surface area contributed by atoms with E-state index in [1.54, 1.807) is 0 Å². The van der Waals surface area contributed by atoms with Crippen LogP contribution >= 0.6 is 0 Å². The van der Waals surface area contributed by atoms with Crippen LogP contribution in [0.3, 0.4) is 0 Å². The van der Waals surface area contributed by atoms with Crippen molar-refractivity contribution in [3.8, 4) is 0 Å². The zero-order chi connectivity index (χ0) is 19.6. The van der Waals surface area contributed by atoms with E-state index in [4.69, 9.17) is 0 Å². The van der Waals surface area contributed by atoms with Gasteiger partial charge in [0.2, 0.25) is 5.91 Å². The van der Waals surface area contributed by atoms with Gasteiger partial charge in [-0.15, -0.1) is 0 Å². The molecule has 142 valence electrons. The molecule has 8 nitrogen and oxygen atoms in total. The number of rotatable bonds is 6. The van der Waals surface area contributed by atoms with Crippen molar-refractivity contribution >= 4 is 26.8 Å². The molecule has 0 aliphatic rings. The lowest BCUT2D eigenvalue weighted by Crippen LogP contribution is -2.39. The third-order valence-corrected chi connectivity index (χ3v) is 6.15. The SMILES string of the molecule is CC[C@@H](C)NC(=O)CCS(=O)(=O)c1ccc2c(c1)n(C)c(=O)c(=O)n2C. The number of nitrogens with one attached hydrogen (secondary N) is 1. The van der Waals surface area contributed by atoms with Crippen LogP contribution < -0.4 is 16.4 Å². The van der Waals surface area contributed by atoms with Gasteiger partial charge < -0.3 is 14.5 Å². The first-order chi connectivity index (χ1) is 12.1. The van der Waals surface area contributed by atoms with E-state index in [2.05, 4.69) is 5.32 Å². The number of hydrogen-bond acceptors (Lipinski definition) is 5. The van der Waals surface area contributed by atoms with Crippen molar-refractivity contribution in [2.24, 2.45) is 14.1 Å². The molecule has 0 radical (unpaired) electrons.